The number of aliphatic hydroxyl groups excluding tert-OH is 1. The second-order valence-electron chi connectivity index (χ2n) is 12.8. The summed E-state index contributed by atoms with van der Waals surface area (Å²) in [5.74, 6) is 0.462. The summed E-state index contributed by atoms with van der Waals surface area (Å²) in [6.07, 6.45) is 10.1. The van der Waals surface area contributed by atoms with Crippen molar-refractivity contribution in [3.8, 4) is 5.75 Å². The van der Waals surface area contributed by atoms with Crippen LogP contribution >= 0.6 is 11.6 Å². The minimum absolute atomic E-state index is 0.130. The summed E-state index contributed by atoms with van der Waals surface area (Å²) in [5.41, 5.74) is 3.33. The maximum Gasteiger partial charge on any atom is 0.304 e. The van der Waals surface area contributed by atoms with Gasteiger partial charge in [0, 0.05) is 41.7 Å². The number of nitrogens with zero attached hydrogens (tertiary/aromatic N) is 2. The van der Waals surface area contributed by atoms with E-state index in [1.807, 2.05) is 18.2 Å². The Morgan fingerprint density at radius 3 is 2.81 bits per heavy atom. The average Bonchev–Trinajstić information content (AvgIpc) is 3.37. The van der Waals surface area contributed by atoms with Crippen molar-refractivity contribution in [3.05, 3.63) is 70.3 Å². The maximum atomic E-state index is 13.4. The van der Waals surface area contributed by atoms with Crippen molar-refractivity contribution in [2.75, 3.05) is 31.1 Å². The van der Waals surface area contributed by atoms with Crippen molar-refractivity contribution in [3.63, 3.8) is 0 Å². The number of hydrogen-bond acceptors (Lipinski definition) is 6. The number of halogens is 1. The van der Waals surface area contributed by atoms with E-state index in [1.165, 1.54) is 15.4 Å². The molecule has 2 fully saturated rings. The molecule has 3 heterocycles. The van der Waals surface area contributed by atoms with Crippen molar-refractivity contribution >= 4 is 33.4 Å². The van der Waals surface area contributed by atoms with E-state index in [0.717, 1.165) is 62.2 Å². The third-order valence-electron chi connectivity index (χ3n) is 10.3. The Morgan fingerprint density at radius 2 is 1.98 bits per heavy atom. The Morgan fingerprint density at radius 1 is 1.10 bits per heavy atom. The van der Waals surface area contributed by atoms with Crippen LogP contribution in [-0.4, -0.2) is 62.1 Å². The minimum Gasteiger partial charge on any atom is -0.490 e. The van der Waals surface area contributed by atoms with E-state index in [9.17, 15) is 18.3 Å². The molecule has 0 unspecified atom stereocenters. The summed E-state index contributed by atoms with van der Waals surface area (Å²) in [5, 5.41) is 11.9. The van der Waals surface area contributed by atoms with Gasteiger partial charge in [0.25, 0.3) is 5.91 Å². The summed E-state index contributed by atoms with van der Waals surface area (Å²) >= 11 is 6.39. The third kappa shape index (κ3) is 5.02. The van der Waals surface area contributed by atoms with Gasteiger partial charge in [-0.15, -0.1) is 0 Å². The number of aliphatic hydroxyl groups is 1. The van der Waals surface area contributed by atoms with E-state index < -0.39 is 22.2 Å². The van der Waals surface area contributed by atoms with Crippen LogP contribution in [0.15, 0.2) is 48.6 Å². The summed E-state index contributed by atoms with van der Waals surface area (Å²) in [7, 11) is -4.03. The Bertz CT molecular complexity index is 1530. The van der Waals surface area contributed by atoms with Crippen LogP contribution < -0.4 is 14.4 Å². The van der Waals surface area contributed by atoms with Gasteiger partial charge in [-0.25, -0.2) is 4.72 Å². The molecule has 10 heteroatoms. The molecule has 5 atom stereocenters. The highest BCUT2D eigenvalue weighted by atomic mass is 35.5. The Balaban J connectivity index is 1.29. The van der Waals surface area contributed by atoms with E-state index >= 15 is 0 Å². The first kappa shape index (κ1) is 28.2. The number of ether oxygens (including phenoxy) is 1. The fraction of sp³-hybridized carbons (Fsp3) is 0.531. The summed E-state index contributed by atoms with van der Waals surface area (Å²) < 4.78 is 36.9. The predicted molar refractivity (Wildman–Crippen MR) is 162 cm³/mol. The van der Waals surface area contributed by atoms with E-state index in [1.54, 1.807) is 18.2 Å². The van der Waals surface area contributed by atoms with E-state index in [4.69, 9.17) is 16.3 Å². The zero-order valence-electron chi connectivity index (χ0n) is 23.7. The molecule has 42 heavy (non-hydrogen) atoms. The Labute approximate surface area is 252 Å². The molecule has 8 nitrogen and oxygen atoms in total. The summed E-state index contributed by atoms with van der Waals surface area (Å²) in [6, 6.07) is 11.2. The number of fused-ring (bicyclic) bond motifs is 5. The molecule has 1 spiro atoms. The van der Waals surface area contributed by atoms with Crippen LogP contribution in [0.4, 0.5) is 5.69 Å². The van der Waals surface area contributed by atoms with Gasteiger partial charge in [0.05, 0.1) is 18.4 Å². The Kier molecular flexibility index (Phi) is 7.28. The van der Waals surface area contributed by atoms with Crippen molar-refractivity contribution in [2.24, 2.45) is 11.8 Å². The zero-order chi connectivity index (χ0) is 29.1. The topological polar surface area (TPSA) is 99.2 Å². The van der Waals surface area contributed by atoms with Gasteiger partial charge in [-0.1, -0.05) is 29.8 Å². The number of rotatable bonds is 0. The molecular formula is C32H38ClN3O5S. The van der Waals surface area contributed by atoms with Gasteiger partial charge in [0.1, 0.15) is 5.75 Å². The van der Waals surface area contributed by atoms with Gasteiger partial charge < -0.3 is 14.7 Å². The first-order chi connectivity index (χ1) is 20.2. The number of amides is 1. The lowest BCUT2D eigenvalue weighted by atomic mass is 9.68. The van der Waals surface area contributed by atoms with Crippen molar-refractivity contribution in [2.45, 2.75) is 68.9 Å². The second kappa shape index (κ2) is 10.8. The predicted octanol–water partition coefficient (Wildman–Crippen LogP) is 4.60. The van der Waals surface area contributed by atoms with Gasteiger partial charge in [0.15, 0.2) is 0 Å². The molecule has 1 saturated heterocycles. The van der Waals surface area contributed by atoms with Crippen molar-refractivity contribution in [1.82, 2.24) is 9.03 Å². The molecule has 1 amide bonds. The number of carbonyl (C=O) groups is 1. The lowest BCUT2D eigenvalue weighted by Gasteiger charge is -2.45. The molecule has 2 aromatic carbocycles. The molecule has 2 bridgehead atoms. The van der Waals surface area contributed by atoms with Gasteiger partial charge in [-0.2, -0.15) is 12.7 Å². The van der Waals surface area contributed by atoms with Crippen molar-refractivity contribution < 1.29 is 23.1 Å². The van der Waals surface area contributed by atoms with Crippen molar-refractivity contribution in [1.29, 1.82) is 0 Å². The largest absolute Gasteiger partial charge is 0.490 e. The number of aryl methyl sites for hydroxylation is 1. The van der Waals surface area contributed by atoms with E-state index in [2.05, 4.69) is 21.8 Å². The molecule has 0 radical (unpaired) electrons. The first-order valence-corrected chi connectivity index (χ1v) is 17.0. The number of carbonyl (C=O) groups excluding carboxylic acids is 1. The average molecular weight is 612 g/mol. The van der Waals surface area contributed by atoms with Gasteiger partial charge in [-0.05, 0) is 105 Å². The summed E-state index contributed by atoms with van der Waals surface area (Å²) in [4.78, 5) is 15.7. The SMILES string of the molecule is O=C1NS(=O)(=O)N2CCC[C@@H]2C/C=C/[C@H](O)[C@@H]2CC[C@H]2CN2C[C@@]3(CCCc4cc(Cl)ccc43)COc3ccc1cc32. The van der Waals surface area contributed by atoms with Gasteiger partial charge in [-0.3, -0.25) is 4.79 Å². The first-order valence-electron chi connectivity index (χ1n) is 15.2. The molecule has 0 aromatic heterocycles. The quantitative estimate of drug-likeness (QED) is 0.423. The highest BCUT2D eigenvalue weighted by Crippen LogP contribution is 2.46. The molecular weight excluding hydrogens is 574 g/mol. The second-order valence-corrected chi connectivity index (χ2v) is 14.8. The molecule has 7 rings (SSSR count). The fourth-order valence-electron chi connectivity index (χ4n) is 7.92. The molecule has 5 aliphatic rings. The molecule has 2 N–H and O–H groups in total. The normalized spacial score (nSPS) is 33.3. The summed E-state index contributed by atoms with van der Waals surface area (Å²) in [6.45, 7) is 2.29. The highest BCUT2D eigenvalue weighted by molar-refractivity contribution is 7.87. The van der Waals surface area contributed by atoms with Crippen LogP contribution in [0.5, 0.6) is 5.75 Å². The monoisotopic (exact) mass is 611 g/mol. The number of benzene rings is 2. The third-order valence-corrected chi connectivity index (χ3v) is 12.0. The fourth-order valence-corrected chi connectivity index (χ4v) is 9.54. The minimum atomic E-state index is -4.03. The van der Waals surface area contributed by atoms with Gasteiger partial charge in [0.2, 0.25) is 0 Å². The molecule has 2 aliphatic carbocycles. The number of hydrogen-bond donors (Lipinski definition) is 2. The van der Waals surface area contributed by atoms with E-state index in [0.29, 0.717) is 31.9 Å². The van der Waals surface area contributed by atoms with Crippen LogP contribution in [-0.2, 0) is 22.0 Å². The molecule has 224 valence electrons. The maximum absolute atomic E-state index is 13.4. The van der Waals surface area contributed by atoms with Crippen LogP contribution in [0.2, 0.25) is 5.02 Å². The highest BCUT2D eigenvalue weighted by Gasteiger charge is 2.44. The smallest absolute Gasteiger partial charge is 0.304 e. The standard InChI is InChI=1S/C32H38ClN3O5S/c33-24-10-12-27-21(16-24)4-2-14-32(27)19-35-18-23-8-11-26(23)29(37)7-1-5-25-6-3-15-36(25)42(39,40)34-31(38)22-9-13-30(41-20-32)28(35)17-22/h1,7,9-10,12-13,16-17,23,25-26,29,37H,2-6,8,11,14-15,18-20H2,(H,34,38)/b7-1+/t23-,25-,26+,29-,32-/m0/s1. The number of anilines is 1. The lowest BCUT2D eigenvalue weighted by molar-refractivity contribution is 0.0455. The van der Waals surface area contributed by atoms with Crippen LogP contribution in [0.25, 0.3) is 0 Å². The molecule has 2 aromatic rings. The molecule has 1 saturated carbocycles. The van der Waals surface area contributed by atoms with E-state index in [-0.39, 0.29) is 28.9 Å². The van der Waals surface area contributed by atoms with Gasteiger partial charge >= 0.3 is 10.2 Å². The Hall–Kier alpha value is -2.59. The van der Waals surface area contributed by atoms with Crippen LogP contribution in [0.3, 0.4) is 0 Å². The number of nitrogens with one attached hydrogen (secondary N) is 1. The molecule has 3 aliphatic heterocycles. The van der Waals surface area contributed by atoms with Crippen LogP contribution in [0.1, 0.15) is 66.4 Å². The van der Waals surface area contributed by atoms with Crippen LogP contribution in [0, 0.1) is 11.8 Å². The zero-order valence-corrected chi connectivity index (χ0v) is 25.2. The lowest BCUT2D eigenvalue weighted by Crippen LogP contribution is -2.49.